The summed E-state index contributed by atoms with van der Waals surface area (Å²) in [5.74, 6) is 0.270. The third-order valence-electron chi connectivity index (χ3n) is 5.72. The molecule has 1 saturated heterocycles. The largest absolute Gasteiger partial charge is 0.324 e. The quantitative estimate of drug-likeness (QED) is 0.651. The normalized spacial score (nSPS) is 15.1. The number of hydrogen-bond donors (Lipinski definition) is 1. The molecule has 1 aromatic heterocycles. The van der Waals surface area contributed by atoms with Gasteiger partial charge >= 0.3 is 0 Å². The first-order valence-electron chi connectivity index (χ1n) is 10.4. The van der Waals surface area contributed by atoms with Crippen molar-refractivity contribution in [2.75, 3.05) is 25.0 Å². The molecule has 0 radical (unpaired) electrons. The van der Waals surface area contributed by atoms with Gasteiger partial charge in [0.05, 0.1) is 18.4 Å². The first-order valence-corrected chi connectivity index (χ1v) is 10.4. The van der Waals surface area contributed by atoms with Gasteiger partial charge in [-0.3, -0.25) is 14.7 Å². The van der Waals surface area contributed by atoms with Crippen LogP contribution >= 0.6 is 0 Å². The molecule has 1 fully saturated rings. The number of halogens is 1. The molecule has 30 heavy (non-hydrogen) atoms. The van der Waals surface area contributed by atoms with Crippen LogP contribution in [0.5, 0.6) is 0 Å². The Hall–Kier alpha value is -3.05. The predicted octanol–water partition coefficient (Wildman–Crippen LogP) is 5.01. The Morgan fingerprint density at radius 2 is 1.80 bits per heavy atom. The van der Waals surface area contributed by atoms with E-state index in [1.807, 2.05) is 37.3 Å². The first-order chi connectivity index (χ1) is 14.6. The third kappa shape index (κ3) is 4.92. The van der Waals surface area contributed by atoms with Crippen molar-refractivity contribution in [1.82, 2.24) is 9.88 Å². The average Bonchev–Trinajstić information content (AvgIpc) is 2.76. The second-order valence-electron chi connectivity index (χ2n) is 7.89. The topological polar surface area (TPSA) is 45.2 Å². The average molecular weight is 404 g/mol. The van der Waals surface area contributed by atoms with E-state index in [4.69, 9.17) is 0 Å². The summed E-state index contributed by atoms with van der Waals surface area (Å²) >= 11 is 0. The van der Waals surface area contributed by atoms with E-state index >= 15 is 0 Å². The molecule has 0 unspecified atom stereocenters. The molecule has 0 atom stereocenters. The number of pyridine rings is 1. The fourth-order valence-electron chi connectivity index (χ4n) is 4.00. The second-order valence-corrected chi connectivity index (χ2v) is 7.89. The van der Waals surface area contributed by atoms with Gasteiger partial charge in [0.2, 0.25) is 5.91 Å². The van der Waals surface area contributed by atoms with E-state index in [1.54, 1.807) is 18.3 Å². The molecular weight excluding hydrogens is 377 g/mol. The summed E-state index contributed by atoms with van der Waals surface area (Å²) in [5.41, 5.74) is 4.47. The molecule has 1 aliphatic rings. The Labute approximate surface area is 176 Å². The number of amides is 1. The van der Waals surface area contributed by atoms with Crippen LogP contribution in [0.15, 0.2) is 66.9 Å². The van der Waals surface area contributed by atoms with Gasteiger partial charge in [-0.05, 0) is 68.1 Å². The summed E-state index contributed by atoms with van der Waals surface area (Å²) in [6, 6.07) is 18.8. The zero-order chi connectivity index (χ0) is 20.9. The molecule has 5 heteroatoms. The van der Waals surface area contributed by atoms with Gasteiger partial charge in [-0.2, -0.15) is 0 Å². The van der Waals surface area contributed by atoms with Crippen LogP contribution < -0.4 is 5.32 Å². The lowest BCUT2D eigenvalue weighted by atomic mass is 9.88. The number of carbonyl (C=O) groups is 1. The maximum absolute atomic E-state index is 14.0. The number of rotatable bonds is 5. The third-order valence-corrected chi connectivity index (χ3v) is 5.72. The number of anilines is 1. The SMILES string of the molecule is Cc1ccc(NC(=O)CN2CCC(c3ccc(-c4ccccc4F)cc3)CC2)cn1. The van der Waals surface area contributed by atoms with Crippen molar-refractivity contribution in [3.05, 3.63) is 83.9 Å². The van der Waals surface area contributed by atoms with Crippen LogP contribution in [0.25, 0.3) is 11.1 Å². The minimum atomic E-state index is -0.196. The Morgan fingerprint density at radius 1 is 1.07 bits per heavy atom. The number of nitrogens with zero attached hydrogens (tertiary/aromatic N) is 2. The molecule has 1 amide bonds. The molecule has 4 nitrogen and oxygen atoms in total. The zero-order valence-electron chi connectivity index (χ0n) is 17.1. The summed E-state index contributed by atoms with van der Waals surface area (Å²) in [4.78, 5) is 18.7. The van der Waals surface area contributed by atoms with Crippen molar-refractivity contribution < 1.29 is 9.18 Å². The van der Waals surface area contributed by atoms with Crippen LogP contribution in [0.3, 0.4) is 0 Å². The van der Waals surface area contributed by atoms with Crippen LogP contribution in [0.2, 0.25) is 0 Å². The molecule has 2 aromatic carbocycles. The van der Waals surface area contributed by atoms with Gasteiger partial charge in [-0.25, -0.2) is 4.39 Å². The minimum Gasteiger partial charge on any atom is -0.324 e. The van der Waals surface area contributed by atoms with E-state index in [9.17, 15) is 9.18 Å². The molecule has 0 bridgehead atoms. The Kier molecular flexibility index (Phi) is 6.19. The zero-order valence-corrected chi connectivity index (χ0v) is 17.1. The number of aryl methyl sites for hydroxylation is 1. The van der Waals surface area contributed by atoms with Crippen molar-refractivity contribution in [1.29, 1.82) is 0 Å². The molecule has 154 valence electrons. The maximum Gasteiger partial charge on any atom is 0.238 e. The Bertz CT molecular complexity index is 994. The molecule has 1 aliphatic heterocycles. The van der Waals surface area contributed by atoms with Gasteiger partial charge in [0.15, 0.2) is 0 Å². The van der Waals surface area contributed by atoms with Crippen molar-refractivity contribution in [3.8, 4) is 11.1 Å². The number of carbonyl (C=O) groups excluding carboxylic acids is 1. The predicted molar refractivity (Wildman–Crippen MR) is 118 cm³/mol. The van der Waals surface area contributed by atoms with E-state index in [-0.39, 0.29) is 11.7 Å². The fraction of sp³-hybridized carbons (Fsp3) is 0.280. The summed E-state index contributed by atoms with van der Waals surface area (Å²) in [6.45, 7) is 4.09. The van der Waals surface area contributed by atoms with Gasteiger partial charge in [0, 0.05) is 11.3 Å². The van der Waals surface area contributed by atoms with Gasteiger partial charge in [0.25, 0.3) is 0 Å². The highest BCUT2D eigenvalue weighted by atomic mass is 19.1. The second kappa shape index (κ2) is 9.18. The first kappa shape index (κ1) is 20.2. The summed E-state index contributed by atoms with van der Waals surface area (Å²) < 4.78 is 14.0. The van der Waals surface area contributed by atoms with Gasteiger partial charge in [-0.1, -0.05) is 42.5 Å². The maximum atomic E-state index is 14.0. The minimum absolute atomic E-state index is 0.00616. The number of likely N-dealkylation sites (tertiary alicyclic amines) is 1. The molecule has 4 rings (SSSR count). The van der Waals surface area contributed by atoms with Crippen LogP contribution in [-0.4, -0.2) is 35.4 Å². The lowest BCUT2D eigenvalue weighted by Crippen LogP contribution is -2.38. The van der Waals surface area contributed by atoms with E-state index < -0.39 is 0 Å². The lowest BCUT2D eigenvalue weighted by Gasteiger charge is -2.31. The summed E-state index contributed by atoms with van der Waals surface area (Å²) in [5, 5.41) is 2.91. The highest BCUT2D eigenvalue weighted by Crippen LogP contribution is 2.30. The monoisotopic (exact) mass is 403 g/mol. The molecule has 0 saturated carbocycles. The number of hydrogen-bond acceptors (Lipinski definition) is 3. The van der Waals surface area contributed by atoms with Crippen molar-refractivity contribution in [2.45, 2.75) is 25.7 Å². The fourth-order valence-corrected chi connectivity index (χ4v) is 4.00. The number of aromatic nitrogens is 1. The van der Waals surface area contributed by atoms with Gasteiger partial charge in [-0.15, -0.1) is 0 Å². The highest BCUT2D eigenvalue weighted by molar-refractivity contribution is 5.92. The van der Waals surface area contributed by atoms with Crippen LogP contribution in [0.1, 0.15) is 30.0 Å². The number of benzene rings is 2. The van der Waals surface area contributed by atoms with Gasteiger partial charge in [0.1, 0.15) is 5.82 Å². The smallest absolute Gasteiger partial charge is 0.238 e. The molecule has 1 N–H and O–H groups in total. The van der Waals surface area contributed by atoms with E-state index in [0.29, 0.717) is 18.0 Å². The van der Waals surface area contributed by atoms with Crippen molar-refractivity contribution in [2.24, 2.45) is 0 Å². The molecule has 2 heterocycles. The van der Waals surface area contributed by atoms with Crippen LogP contribution in [0, 0.1) is 12.7 Å². The van der Waals surface area contributed by atoms with E-state index in [0.717, 1.165) is 42.9 Å². The number of piperidine rings is 1. The number of nitrogens with one attached hydrogen (secondary N) is 1. The molecule has 0 spiro atoms. The van der Waals surface area contributed by atoms with Crippen LogP contribution in [-0.2, 0) is 4.79 Å². The Morgan fingerprint density at radius 3 is 2.47 bits per heavy atom. The van der Waals surface area contributed by atoms with Crippen molar-refractivity contribution in [3.63, 3.8) is 0 Å². The van der Waals surface area contributed by atoms with E-state index in [2.05, 4.69) is 27.3 Å². The van der Waals surface area contributed by atoms with Crippen LogP contribution in [0.4, 0.5) is 10.1 Å². The van der Waals surface area contributed by atoms with Crippen molar-refractivity contribution >= 4 is 11.6 Å². The molecule has 3 aromatic rings. The lowest BCUT2D eigenvalue weighted by molar-refractivity contribution is -0.117. The standard InChI is InChI=1S/C25H26FN3O/c1-18-6-11-22(16-27-18)28-25(30)17-29-14-12-20(13-15-29)19-7-9-21(10-8-19)23-4-2-3-5-24(23)26/h2-11,16,20H,12-15,17H2,1H3,(H,28,30). The van der Waals surface area contributed by atoms with E-state index in [1.165, 1.54) is 11.6 Å². The Balaban J connectivity index is 1.29. The summed E-state index contributed by atoms with van der Waals surface area (Å²) in [6.07, 6.45) is 3.71. The van der Waals surface area contributed by atoms with Gasteiger partial charge < -0.3 is 5.32 Å². The molecular formula is C25H26FN3O. The highest BCUT2D eigenvalue weighted by Gasteiger charge is 2.22. The molecule has 0 aliphatic carbocycles. The summed E-state index contributed by atoms with van der Waals surface area (Å²) in [7, 11) is 0.